The molecule has 0 saturated heterocycles. The lowest BCUT2D eigenvalue weighted by Gasteiger charge is -2.11. The molecule has 3 N–H and O–H groups in total. The van der Waals surface area contributed by atoms with E-state index in [0.717, 1.165) is 4.47 Å². The quantitative estimate of drug-likeness (QED) is 0.703. The van der Waals surface area contributed by atoms with Crippen molar-refractivity contribution in [3.63, 3.8) is 0 Å². The molecule has 7 heteroatoms. The maximum atomic E-state index is 13.4. The second kappa shape index (κ2) is 8.89. The molecule has 0 radical (unpaired) electrons. The third-order valence-electron chi connectivity index (χ3n) is 2.57. The first kappa shape index (κ1) is 16.9. The highest BCUT2D eigenvalue weighted by atomic mass is 79.9. The van der Waals surface area contributed by atoms with Gasteiger partial charge in [0, 0.05) is 30.2 Å². The molecule has 0 bridgehead atoms. The van der Waals surface area contributed by atoms with Gasteiger partial charge in [0.05, 0.1) is 12.7 Å². The Morgan fingerprint density at radius 3 is 2.95 bits per heavy atom. The van der Waals surface area contributed by atoms with Crippen LogP contribution in [0.4, 0.5) is 9.18 Å². The second-order valence-corrected chi connectivity index (χ2v) is 5.16. The molecule has 0 aliphatic carbocycles. The van der Waals surface area contributed by atoms with Crippen molar-refractivity contribution in [3.05, 3.63) is 34.1 Å². The highest BCUT2D eigenvalue weighted by Gasteiger charge is 2.07. The fourth-order valence-corrected chi connectivity index (χ4v) is 1.95. The molecule has 0 aliphatic heterocycles. The zero-order valence-electron chi connectivity index (χ0n) is 11.2. The molecule has 1 aromatic carbocycles. The fraction of sp³-hybridized carbons (Fsp3) is 0.462. The van der Waals surface area contributed by atoms with E-state index >= 15 is 0 Å². The van der Waals surface area contributed by atoms with Gasteiger partial charge in [-0.15, -0.1) is 0 Å². The van der Waals surface area contributed by atoms with Crippen molar-refractivity contribution in [2.24, 2.45) is 0 Å². The second-order valence-electron chi connectivity index (χ2n) is 4.24. The number of benzene rings is 1. The maximum Gasteiger partial charge on any atom is 0.315 e. The van der Waals surface area contributed by atoms with Crippen LogP contribution < -0.4 is 10.6 Å². The third-order valence-corrected chi connectivity index (χ3v) is 3.06. The van der Waals surface area contributed by atoms with E-state index in [1.807, 2.05) is 0 Å². The molecule has 2 amide bonds. The molecule has 20 heavy (non-hydrogen) atoms. The standard InChI is InChI=1S/C13H18BrFN2O3/c1-20-8-11(18)4-5-16-13(19)17-7-9-6-10(14)2-3-12(9)15/h2-3,6,11,18H,4-5,7-8H2,1H3,(H2,16,17,19). The molecular formula is C13H18BrFN2O3. The number of methoxy groups -OCH3 is 1. The number of amides is 2. The van der Waals surface area contributed by atoms with E-state index in [4.69, 9.17) is 4.74 Å². The van der Waals surface area contributed by atoms with E-state index in [1.54, 1.807) is 12.1 Å². The molecule has 1 unspecified atom stereocenters. The zero-order valence-corrected chi connectivity index (χ0v) is 12.7. The summed E-state index contributed by atoms with van der Waals surface area (Å²) in [5.41, 5.74) is 0.397. The van der Waals surface area contributed by atoms with Crippen LogP contribution in [0.2, 0.25) is 0 Å². The number of carbonyl (C=O) groups excluding carboxylic acids is 1. The van der Waals surface area contributed by atoms with E-state index in [0.29, 0.717) is 18.5 Å². The number of ether oxygens (including phenoxy) is 1. The van der Waals surface area contributed by atoms with Gasteiger partial charge in [-0.05, 0) is 24.6 Å². The van der Waals surface area contributed by atoms with Gasteiger partial charge in [-0.1, -0.05) is 15.9 Å². The molecule has 0 aliphatic rings. The molecular weight excluding hydrogens is 331 g/mol. The summed E-state index contributed by atoms with van der Waals surface area (Å²) < 4.78 is 18.9. The minimum absolute atomic E-state index is 0.0950. The van der Waals surface area contributed by atoms with Crippen molar-refractivity contribution in [1.29, 1.82) is 0 Å². The number of hydrogen-bond acceptors (Lipinski definition) is 3. The Labute approximate surface area is 125 Å². The number of aliphatic hydroxyl groups is 1. The van der Waals surface area contributed by atoms with Crippen LogP contribution in [0.25, 0.3) is 0 Å². The number of aliphatic hydroxyl groups excluding tert-OH is 1. The number of halogens is 2. The Hall–Kier alpha value is -1.18. The van der Waals surface area contributed by atoms with Crippen LogP contribution in [0.5, 0.6) is 0 Å². The molecule has 1 atom stereocenters. The van der Waals surface area contributed by atoms with Crippen molar-refractivity contribution in [2.45, 2.75) is 19.1 Å². The predicted octanol–water partition coefficient (Wildman–Crippen LogP) is 1.78. The summed E-state index contributed by atoms with van der Waals surface area (Å²) in [6.07, 6.45) is -0.213. The average molecular weight is 349 g/mol. The fourth-order valence-electron chi connectivity index (χ4n) is 1.54. The summed E-state index contributed by atoms with van der Waals surface area (Å²) in [5.74, 6) is -0.371. The van der Waals surface area contributed by atoms with Crippen molar-refractivity contribution in [1.82, 2.24) is 10.6 Å². The predicted molar refractivity (Wildman–Crippen MR) is 76.8 cm³/mol. The van der Waals surface area contributed by atoms with Crippen LogP contribution in [0.3, 0.4) is 0 Å². The van der Waals surface area contributed by atoms with Gasteiger partial charge < -0.3 is 20.5 Å². The van der Waals surface area contributed by atoms with Crippen molar-refractivity contribution in [3.8, 4) is 0 Å². The van der Waals surface area contributed by atoms with E-state index < -0.39 is 12.1 Å². The summed E-state index contributed by atoms with van der Waals surface area (Å²) in [6, 6.07) is 4.13. The number of rotatable bonds is 7. The third kappa shape index (κ3) is 6.31. The Morgan fingerprint density at radius 1 is 1.50 bits per heavy atom. The normalized spacial score (nSPS) is 12.0. The lowest BCUT2D eigenvalue weighted by molar-refractivity contribution is 0.0598. The Bertz CT molecular complexity index is 446. The van der Waals surface area contributed by atoms with E-state index in [2.05, 4.69) is 26.6 Å². The molecule has 1 rings (SSSR count). The van der Waals surface area contributed by atoms with Crippen LogP contribution in [0.1, 0.15) is 12.0 Å². The highest BCUT2D eigenvalue weighted by Crippen LogP contribution is 2.15. The van der Waals surface area contributed by atoms with Crippen LogP contribution in [0, 0.1) is 5.82 Å². The molecule has 0 heterocycles. The average Bonchev–Trinajstić information content (AvgIpc) is 2.40. The van der Waals surface area contributed by atoms with Crippen molar-refractivity contribution in [2.75, 3.05) is 20.3 Å². The smallest absolute Gasteiger partial charge is 0.315 e. The monoisotopic (exact) mass is 348 g/mol. The van der Waals surface area contributed by atoms with Gasteiger partial charge in [0.15, 0.2) is 0 Å². The van der Waals surface area contributed by atoms with Gasteiger partial charge in [0.25, 0.3) is 0 Å². The van der Waals surface area contributed by atoms with Crippen LogP contribution in [0.15, 0.2) is 22.7 Å². The van der Waals surface area contributed by atoms with Crippen LogP contribution in [-0.4, -0.2) is 37.5 Å². The Morgan fingerprint density at radius 2 is 2.25 bits per heavy atom. The molecule has 0 saturated carbocycles. The molecule has 5 nitrogen and oxygen atoms in total. The zero-order chi connectivity index (χ0) is 15.0. The largest absolute Gasteiger partial charge is 0.391 e. The van der Waals surface area contributed by atoms with Gasteiger partial charge in [-0.3, -0.25) is 0 Å². The van der Waals surface area contributed by atoms with E-state index in [9.17, 15) is 14.3 Å². The first-order valence-corrected chi connectivity index (χ1v) is 6.95. The molecule has 0 fully saturated rings. The van der Waals surface area contributed by atoms with Gasteiger partial charge in [0.1, 0.15) is 5.82 Å². The van der Waals surface area contributed by atoms with Crippen LogP contribution in [-0.2, 0) is 11.3 Å². The lowest BCUT2D eigenvalue weighted by atomic mass is 10.2. The molecule has 112 valence electrons. The van der Waals surface area contributed by atoms with E-state index in [1.165, 1.54) is 13.2 Å². The summed E-state index contributed by atoms with van der Waals surface area (Å²) in [7, 11) is 1.50. The Kier molecular flexibility index (Phi) is 7.50. The minimum Gasteiger partial charge on any atom is -0.391 e. The van der Waals surface area contributed by atoms with Gasteiger partial charge >= 0.3 is 6.03 Å². The summed E-state index contributed by atoms with van der Waals surface area (Å²) in [4.78, 5) is 11.5. The summed E-state index contributed by atoms with van der Waals surface area (Å²) in [6.45, 7) is 0.640. The van der Waals surface area contributed by atoms with Crippen LogP contribution >= 0.6 is 15.9 Å². The Balaban J connectivity index is 2.28. The van der Waals surface area contributed by atoms with Crippen molar-refractivity contribution < 1.29 is 19.0 Å². The summed E-state index contributed by atoms with van der Waals surface area (Å²) >= 11 is 3.24. The van der Waals surface area contributed by atoms with Gasteiger partial charge in [0.2, 0.25) is 0 Å². The first-order valence-electron chi connectivity index (χ1n) is 6.15. The molecule has 0 aromatic heterocycles. The molecule has 0 spiro atoms. The summed E-state index contributed by atoms with van der Waals surface area (Å²) in [5, 5.41) is 14.5. The topological polar surface area (TPSA) is 70.6 Å². The minimum atomic E-state index is -0.608. The van der Waals surface area contributed by atoms with Crippen molar-refractivity contribution >= 4 is 22.0 Å². The number of urea groups is 1. The number of nitrogens with one attached hydrogen (secondary N) is 2. The first-order chi connectivity index (χ1) is 9.52. The number of hydrogen-bond donors (Lipinski definition) is 3. The SMILES string of the molecule is COCC(O)CCNC(=O)NCc1cc(Br)ccc1F. The highest BCUT2D eigenvalue weighted by molar-refractivity contribution is 9.10. The van der Waals surface area contributed by atoms with E-state index in [-0.39, 0.29) is 19.0 Å². The van der Waals surface area contributed by atoms with Gasteiger partial charge in [-0.25, -0.2) is 9.18 Å². The maximum absolute atomic E-state index is 13.4. The number of carbonyl (C=O) groups is 1. The lowest BCUT2D eigenvalue weighted by Crippen LogP contribution is -2.37. The molecule has 1 aromatic rings. The van der Waals surface area contributed by atoms with Gasteiger partial charge in [-0.2, -0.15) is 0 Å².